The zero-order valence-corrected chi connectivity index (χ0v) is 8.39. The minimum absolute atomic E-state index is 0.0205. The molecule has 0 spiro atoms. The molecule has 3 nitrogen and oxygen atoms in total. The molecule has 1 unspecified atom stereocenters. The van der Waals surface area contributed by atoms with Crippen LogP contribution in [0, 0.1) is 17.8 Å². The van der Waals surface area contributed by atoms with Gasteiger partial charge in [0.05, 0.1) is 12.5 Å². The molecule has 0 aliphatic carbocycles. The summed E-state index contributed by atoms with van der Waals surface area (Å²) in [6.45, 7) is 4.63. The van der Waals surface area contributed by atoms with Gasteiger partial charge in [0.1, 0.15) is 0 Å². The van der Waals surface area contributed by atoms with Crippen LogP contribution in [0.1, 0.15) is 26.7 Å². The van der Waals surface area contributed by atoms with Gasteiger partial charge in [-0.1, -0.05) is 19.3 Å². The SMILES string of the molecule is CC#CCNC(=O)C(CN)CCC. The number of carbonyl (C=O) groups excluding carboxylic acids is 1. The molecule has 0 aromatic rings. The molecule has 0 radical (unpaired) electrons. The maximum Gasteiger partial charge on any atom is 0.225 e. The van der Waals surface area contributed by atoms with E-state index in [1.165, 1.54) is 0 Å². The first-order valence-electron chi connectivity index (χ1n) is 4.63. The normalized spacial score (nSPS) is 11.3. The van der Waals surface area contributed by atoms with E-state index in [1.54, 1.807) is 6.92 Å². The van der Waals surface area contributed by atoms with E-state index in [1.807, 2.05) is 6.92 Å². The van der Waals surface area contributed by atoms with Crippen LogP contribution in [-0.2, 0) is 4.79 Å². The zero-order valence-electron chi connectivity index (χ0n) is 8.39. The largest absolute Gasteiger partial charge is 0.345 e. The first kappa shape index (κ1) is 12.0. The average molecular weight is 182 g/mol. The van der Waals surface area contributed by atoms with Gasteiger partial charge < -0.3 is 11.1 Å². The maximum absolute atomic E-state index is 11.4. The maximum atomic E-state index is 11.4. The summed E-state index contributed by atoms with van der Waals surface area (Å²) in [7, 11) is 0. The molecule has 0 saturated carbocycles. The van der Waals surface area contributed by atoms with Crippen LogP contribution in [-0.4, -0.2) is 19.0 Å². The van der Waals surface area contributed by atoms with Crippen LogP contribution >= 0.6 is 0 Å². The predicted molar refractivity (Wildman–Crippen MR) is 53.9 cm³/mol. The van der Waals surface area contributed by atoms with Gasteiger partial charge in [0.25, 0.3) is 0 Å². The van der Waals surface area contributed by atoms with Gasteiger partial charge in [-0.2, -0.15) is 0 Å². The molecular formula is C10H18N2O. The van der Waals surface area contributed by atoms with Crippen LogP contribution in [0.3, 0.4) is 0 Å². The molecule has 0 bridgehead atoms. The van der Waals surface area contributed by atoms with Crippen LogP contribution in [0.4, 0.5) is 0 Å². The number of rotatable bonds is 5. The summed E-state index contributed by atoms with van der Waals surface area (Å²) in [6.07, 6.45) is 1.83. The Labute approximate surface area is 80.1 Å². The third-order valence-corrected chi connectivity index (χ3v) is 1.82. The van der Waals surface area contributed by atoms with E-state index < -0.39 is 0 Å². The van der Waals surface area contributed by atoms with Crippen molar-refractivity contribution in [2.75, 3.05) is 13.1 Å². The fraction of sp³-hybridized carbons (Fsp3) is 0.700. The Hall–Kier alpha value is -1.01. The number of hydrogen-bond acceptors (Lipinski definition) is 2. The molecule has 0 aromatic heterocycles. The van der Waals surface area contributed by atoms with Gasteiger partial charge in [0.2, 0.25) is 5.91 Å². The van der Waals surface area contributed by atoms with Crippen molar-refractivity contribution in [2.24, 2.45) is 11.7 Å². The van der Waals surface area contributed by atoms with E-state index in [4.69, 9.17) is 5.73 Å². The summed E-state index contributed by atoms with van der Waals surface area (Å²) >= 11 is 0. The molecule has 0 aromatic carbocycles. The molecule has 0 saturated heterocycles. The van der Waals surface area contributed by atoms with Crippen LogP contribution < -0.4 is 11.1 Å². The Kier molecular flexibility index (Phi) is 7.04. The molecule has 3 N–H and O–H groups in total. The monoisotopic (exact) mass is 182 g/mol. The van der Waals surface area contributed by atoms with E-state index in [9.17, 15) is 4.79 Å². The van der Waals surface area contributed by atoms with Crippen molar-refractivity contribution >= 4 is 5.91 Å². The highest BCUT2D eigenvalue weighted by Crippen LogP contribution is 2.03. The Morgan fingerprint density at radius 3 is 2.77 bits per heavy atom. The number of nitrogens with one attached hydrogen (secondary N) is 1. The van der Waals surface area contributed by atoms with Crippen molar-refractivity contribution in [3.05, 3.63) is 0 Å². The van der Waals surface area contributed by atoms with Crippen molar-refractivity contribution < 1.29 is 4.79 Å². The molecule has 0 rings (SSSR count). The van der Waals surface area contributed by atoms with Crippen LogP contribution in [0.25, 0.3) is 0 Å². The van der Waals surface area contributed by atoms with Gasteiger partial charge in [-0.15, -0.1) is 5.92 Å². The molecule has 13 heavy (non-hydrogen) atoms. The summed E-state index contributed by atoms with van der Waals surface area (Å²) < 4.78 is 0. The van der Waals surface area contributed by atoms with Gasteiger partial charge in [0, 0.05) is 6.54 Å². The molecule has 0 heterocycles. The van der Waals surface area contributed by atoms with Gasteiger partial charge in [0.15, 0.2) is 0 Å². The summed E-state index contributed by atoms with van der Waals surface area (Å²) in [5, 5.41) is 2.73. The van der Waals surface area contributed by atoms with E-state index in [-0.39, 0.29) is 11.8 Å². The summed E-state index contributed by atoms with van der Waals surface area (Å²) in [5.74, 6) is 5.46. The standard InChI is InChI=1S/C10H18N2O/c1-3-5-7-12-10(13)9(8-11)6-4-2/h9H,4,6-8,11H2,1-2H3,(H,12,13). The third kappa shape index (κ3) is 5.26. The molecule has 0 aliphatic heterocycles. The zero-order chi connectivity index (χ0) is 10.1. The lowest BCUT2D eigenvalue weighted by Crippen LogP contribution is -2.35. The van der Waals surface area contributed by atoms with E-state index >= 15 is 0 Å². The Bertz CT molecular complexity index is 203. The van der Waals surface area contributed by atoms with Crippen LogP contribution in [0.15, 0.2) is 0 Å². The predicted octanol–water partition coefficient (Wildman–Crippen LogP) is 0.501. The molecule has 74 valence electrons. The van der Waals surface area contributed by atoms with Crippen LogP contribution in [0.2, 0.25) is 0 Å². The Balaban J connectivity index is 3.81. The summed E-state index contributed by atoms with van der Waals surface area (Å²) in [4.78, 5) is 11.4. The highest BCUT2D eigenvalue weighted by atomic mass is 16.1. The highest BCUT2D eigenvalue weighted by molar-refractivity contribution is 5.79. The summed E-state index contributed by atoms with van der Waals surface area (Å²) in [5.41, 5.74) is 5.47. The first-order valence-corrected chi connectivity index (χ1v) is 4.63. The number of amides is 1. The lowest BCUT2D eigenvalue weighted by molar-refractivity contribution is -0.124. The van der Waals surface area contributed by atoms with Crippen molar-refractivity contribution in [1.82, 2.24) is 5.32 Å². The molecule has 3 heteroatoms. The van der Waals surface area contributed by atoms with Gasteiger partial charge >= 0.3 is 0 Å². The third-order valence-electron chi connectivity index (χ3n) is 1.82. The first-order chi connectivity index (χ1) is 6.26. The molecule has 1 atom stereocenters. The summed E-state index contributed by atoms with van der Waals surface area (Å²) in [6, 6.07) is 0. The fourth-order valence-corrected chi connectivity index (χ4v) is 1.07. The van der Waals surface area contributed by atoms with Crippen molar-refractivity contribution in [3.63, 3.8) is 0 Å². The van der Waals surface area contributed by atoms with E-state index in [0.717, 1.165) is 12.8 Å². The van der Waals surface area contributed by atoms with Gasteiger partial charge in [-0.3, -0.25) is 4.79 Å². The van der Waals surface area contributed by atoms with Crippen molar-refractivity contribution in [2.45, 2.75) is 26.7 Å². The smallest absolute Gasteiger partial charge is 0.225 e. The van der Waals surface area contributed by atoms with Crippen LogP contribution in [0.5, 0.6) is 0 Å². The quantitative estimate of drug-likeness (QED) is 0.608. The number of carbonyl (C=O) groups is 1. The Morgan fingerprint density at radius 2 is 2.31 bits per heavy atom. The minimum atomic E-state index is -0.0522. The fourth-order valence-electron chi connectivity index (χ4n) is 1.07. The Morgan fingerprint density at radius 1 is 1.62 bits per heavy atom. The molecule has 1 amide bonds. The molecule has 0 fully saturated rings. The van der Waals surface area contributed by atoms with Gasteiger partial charge in [-0.25, -0.2) is 0 Å². The second-order valence-corrected chi connectivity index (χ2v) is 2.87. The minimum Gasteiger partial charge on any atom is -0.345 e. The number of nitrogens with two attached hydrogens (primary N) is 1. The highest BCUT2D eigenvalue weighted by Gasteiger charge is 2.13. The second kappa shape index (κ2) is 7.63. The second-order valence-electron chi connectivity index (χ2n) is 2.87. The van der Waals surface area contributed by atoms with Gasteiger partial charge in [-0.05, 0) is 13.3 Å². The average Bonchev–Trinajstić information content (AvgIpc) is 2.14. The van der Waals surface area contributed by atoms with E-state index in [0.29, 0.717) is 13.1 Å². The van der Waals surface area contributed by atoms with Crippen molar-refractivity contribution in [3.8, 4) is 11.8 Å². The lowest BCUT2D eigenvalue weighted by atomic mass is 10.0. The molecule has 0 aliphatic rings. The molecular weight excluding hydrogens is 164 g/mol. The van der Waals surface area contributed by atoms with E-state index in [2.05, 4.69) is 17.2 Å². The lowest BCUT2D eigenvalue weighted by Gasteiger charge is -2.11. The van der Waals surface area contributed by atoms with Crippen molar-refractivity contribution in [1.29, 1.82) is 0 Å². The number of hydrogen-bond donors (Lipinski definition) is 2. The topological polar surface area (TPSA) is 55.1 Å².